The number of hydrogen-bond acceptors (Lipinski definition) is 3. The third kappa shape index (κ3) is 3.14. The van der Waals surface area contributed by atoms with Crippen LogP contribution < -0.4 is 5.73 Å². The van der Waals surface area contributed by atoms with Crippen molar-refractivity contribution >= 4 is 43.8 Å². The Morgan fingerprint density at radius 3 is 2.82 bits per heavy atom. The van der Waals surface area contributed by atoms with E-state index in [0.717, 1.165) is 9.35 Å². The average molecular weight is 334 g/mol. The Bertz CT molecular complexity index is 570. The molecule has 1 aromatic carbocycles. The van der Waals surface area contributed by atoms with Crippen LogP contribution in [0.1, 0.15) is 4.88 Å². The van der Waals surface area contributed by atoms with Crippen LogP contribution in [0, 0.1) is 5.82 Å². The molecule has 6 heteroatoms. The molecule has 2 N–H and O–H groups in total. The third-order valence-electron chi connectivity index (χ3n) is 2.12. The maximum atomic E-state index is 13.1. The van der Waals surface area contributed by atoms with Crippen LogP contribution in [0.25, 0.3) is 0 Å². The molecule has 0 saturated carbocycles. The van der Waals surface area contributed by atoms with Gasteiger partial charge < -0.3 is 5.73 Å². The molecule has 0 aliphatic carbocycles. The topological polar surface area (TPSA) is 43.1 Å². The fraction of sp³-hybridized carbons (Fsp3) is 0.0909. The van der Waals surface area contributed by atoms with Gasteiger partial charge in [-0.25, -0.2) is 4.39 Å². The van der Waals surface area contributed by atoms with E-state index in [2.05, 4.69) is 15.9 Å². The zero-order chi connectivity index (χ0) is 12.4. The monoisotopic (exact) mass is 333 g/mol. The molecule has 90 valence electrons. The molecule has 1 atom stereocenters. The second-order valence-electron chi connectivity index (χ2n) is 3.40. The van der Waals surface area contributed by atoms with Crippen LogP contribution in [-0.2, 0) is 16.6 Å². The van der Waals surface area contributed by atoms with Crippen molar-refractivity contribution in [1.82, 2.24) is 0 Å². The van der Waals surface area contributed by atoms with Crippen molar-refractivity contribution < 1.29 is 8.60 Å². The molecule has 0 radical (unpaired) electrons. The molecule has 0 bridgehead atoms. The van der Waals surface area contributed by atoms with Crippen LogP contribution in [-0.4, -0.2) is 4.21 Å². The summed E-state index contributed by atoms with van der Waals surface area (Å²) in [6.45, 7) is 0. The number of benzene rings is 1. The fourth-order valence-electron chi connectivity index (χ4n) is 1.34. The Labute approximate surface area is 113 Å². The summed E-state index contributed by atoms with van der Waals surface area (Å²) in [6, 6.07) is 5.83. The maximum Gasteiger partial charge on any atom is 0.124 e. The molecule has 0 saturated heterocycles. The lowest BCUT2D eigenvalue weighted by Crippen LogP contribution is -2.00. The molecular formula is C11H9BrFNOS2. The molecule has 2 rings (SSSR count). The normalized spacial score (nSPS) is 12.6. The van der Waals surface area contributed by atoms with E-state index in [0.29, 0.717) is 16.3 Å². The first-order valence-corrected chi connectivity index (χ1v) is 7.72. The largest absolute Gasteiger partial charge is 0.398 e. The highest BCUT2D eigenvalue weighted by atomic mass is 79.9. The molecular weight excluding hydrogens is 325 g/mol. The minimum Gasteiger partial charge on any atom is -0.398 e. The molecule has 2 aromatic rings. The molecule has 0 spiro atoms. The van der Waals surface area contributed by atoms with E-state index in [-0.39, 0.29) is 0 Å². The minimum atomic E-state index is -1.32. The van der Waals surface area contributed by atoms with E-state index in [1.54, 1.807) is 0 Å². The van der Waals surface area contributed by atoms with Gasteiger partial charge in [-0.3, -0.25) is 4.21 Å². The standard InChI is InChI=1S/C11H9BrFNOS2/c12-7-3-9(16-5-7)6-17(15)11-4-8(13)1-2-10(11)14/h1-5H,6,14H2. The second kappa shape index (κ2) is 5.29. The number of halogens is 2. The fourth-order valence-corrected chi connectivity index (χ4v) is 4.24. The third-order valence-corrected chi connectivity index (χ3v) is 5.41. The summed E-state index contributed by atoms with van der Waals surface area (Å²) in [5.41, 5.74) is 6.05. The number of thiophene rings is 1. The first kappa shape index (κ1) is 12.7. The molecule has 0 amide bonds. The SMILES string of the molecule is Nc1ccc(F)cc1S(=O)Cc1cc(Br)cs1. The molecule has 1 aromatic heterocycles. The number of hydrogen-bond donors (Lipinski definition) is 1. The number of nitrogen functional groups attached to an aromatic ring is 1. The summed E-state index contributed by atoms with van der Waals surface area (Å²) in [4.78, 5) is 1.33. The van der Waals surface area contributed by atoms with Gasteiger partial charge in [-0.2, -0.15) is 0 Å². The van der Waals surface area contributed by atoms with Crippen LogP contribution in [0.2, 0.25) is 0 Å². The van der Waals surface area contributed by atoms with Crippen molar-refractivity contribution in [2.75, 3.05) is 5.73 Å². The van der Waals surface area contributed by atoms with Crippen LogP contribution >= 0.6 is 27.3 Å². The second-order valence-corrected chi connectivity index (χ2v) is 6.73. The Morgan fingerprint density at radius 1 is 1.41 bits per heavy atom. The van der Waals surface area contributed by atoms with Crippen molar-refractivity contribution in [3.05, 3.63) is 44.8 Å². The molecule has 0 aliphatic heterocycles. The van der Waals surface area contributed by atoms with E-state index >= 15 is 0 Å². The molecule has 0 fully saturated rings. The minimum absolute atomic E-state index is 0.351. The summed E-state index contributed by atoms with van der Waals surface area (Å²) in [6.07, 6.45) is 0. The van der Waals surface area contributed by atoms with Crippen LogP contribution in [0.15, 0.2) is 39.0 Å². The van der Waals surface area contributed by atoms with Crippen LogP contribution in [0.4, 0.5) is 10.1 Å². The van der Waals surface area contributed by atoms with E-state index in [1.807, 2.05) is 11.4 Å². The van der Waals surface area contributed by atoms with Crippen LogP contribution in [0.3, 0.4) is 0 Å². The zero-order valence-corrected chi connectivity index (χ0v) is 11.9. The number of nitrogens with two attached hydrogens (primary N) is 1. The predicted molar refractivity (Wildman–Crippen MR) is 72.9 cm³/mol. The molecule has 1 unspecified atom stereocenters. The Balaban J connectivity index is 2.22. The Morgan fingerprint density at radius 2 is 2.18 bits per heavy atom. The quantitative estimate of drug-likeness (QED) is 0.873. The van der Waals surface area contributed by atoms with Crippen molar-refractivity contribution in [3.63, 3.8) is 0 Å². The van der Waals surface area contributed by atoms with E-state index < -0.39 is 16.6 Å². The van der Waals surface area contributed by atoms with E-state index in [9.17, 15) is 8.60 Å². The Hall–Kier alpha value is -0.720. The van der Waals surface area contributed by atoms with Crippen molar-refractivity contribution in [3.8, 4) is 0 Å². The highest BCUT2D eigenvalue weighted by Gasteiger charge is 2.11. The Kier molecular flexibility index (Phi) is 3.96. The summed E-state index contributed by atoms with van der Waals surface area (Å²) < 4.78 is 26.1. The molecule has 17 heavy (non-hydrogen) atoms. The van der Waals surface area contributed by atoms with Gasteiger partial charge in [-0.15, -0.1) is 11.3 Å². The molecule has 1 heterocycles. The van der Waals surface area contributed by atoms with Gasteiger partial charge in [0.05, 0.1) is 21.4 Å². The van der Waals surface area contributed by atoms with Crippen LogP contribution in [0.5, 0.6) is 0 Å². The zero-order valence-electron chi connectivity index (χ0n) is 8.65. The highest BCUT2D eigenvalue weighted by Crippen LogP contribution is 2.25. The summed E-state index contributed by atoms with van der Waals surface area (Å²) in [5, 5.41) is 1.92. The van der Waals surface area contributed by atoms with E-state index in [4.69, 9.17) is 5.73 Å². The summed E-state index contributed by atoms with van der Waals surface area (Å²) in [7, 11) is -1.32. The van der Waals surface area contributed by atoms with Crippen molar-refractivity contribution in [2.45, 2.75) is 10.6 Å². The van der Waals surface area contributed by atoms with Gasteiger partial charge in [0.25, 0.3) is 0 Å². The number of rotatable bonds is 3. The van der Waals surface area contributed by atoms with Gasteiger partial charge in [0.1, 0.15) is 5.82 Å². The summed E-state index contributed by atoms with van der Waals surface area (Å²) in [5.74, 6) is -0.0703. The highest BCUT2D eigenvalue weighted by molar-refractivity contribution is 9.10. The van der Waals surface area contributed by atoms with Gasteiger partial charge >= 0.3 is 0 Å². The van der Waals surface area contributed by atoms with Gasteiger partial charge in [0, 0.05) is 20.4 Å². The van der Waals surface area contributed by atoms with Crippen molar-refractivity contribution in [2.24, 2.45) is 0 Å². The van der Waals surface area contributed by atoms with E-state index in [1.165, 1.54) is 29.5 Å². The first-order chi connectivity index (χ1) is 8.06. The van der Waals surface area contributed by atoms with Gasteiger partial charge in [0.2, 0.25) is 0 Å². The lowest BCUT2D eigenvalue weighted by molar-refractivity contribution is 0.623. The lowest BCUT2D eigenvalue weighted by Gasteiger charge is -2.04. The number of anilines is 1. The molecule has 2 nitrogen and oxygen atoms in total. The maximum absolute atomic E-state index is 13.1. The summed E-state index contributed by atoms with van der Waals surface area (Å²) >= 11 is 4.84. The smallest absolute Gasteiger partial charge is 0.124 e. The van der Waals surface area contributed by atoms with Crippen molar-refractivity contribution in [1.29, 1.82) is 0 Å². The lowest BCUT2D eigenvalue weighted by atomic mass is 10.3. The first-order valence-electron chi connectivity index (χ1n) is 4.72. The molecule has 0 aliphatic rings. The average Bonchev–Trinajstić information content (AvgIpc) is 2.67. The predicted octanol–water partition coefficient (Wildman–Crippen LogP) is 3.54. The van der Waals surface area contributed by atoms with Gasteiger partial charge in [-0.1, -0.05) is 0 Å². The van der Waals surface area contributed by atoms with Gasteiger partial charge in [-0.05, 0) is 40.2 Å². The van der Waals surface area contributed by atoms with Gasteiger partial charge in [0.15, 0.2) is 0 Å².